The van der Waals surface area contributed by atoms with Crippen LogP contribution in [0.4, 0.5) is 5.69 Å². The van der Waals surface area contributed by atoms with E-state index in [9.17, 15) is 18.0 Å². The van der Waals surface area contributed by atoms with Crippen molar-refractivity contribution in [2.45, 2.75) is 53.1 Å². The minimum Gasteiger partial charge on any atom is -0.492 e. The summed E-state index contributed by atoms with van der Waals surface area (Å²) in [6, 6.07) is 11.1. The van der Waals surface area contributed by atoms with Gasteiger partial charge in [-0.05, 0) is 56.0 Å². The number of carbonyl (C=O) groups excluding carboxylic acids is 2. The molecule has 2 amide bonds. The fraction of sp³-hybridized carbons (Fsp3) is 0.481. The zero-order chi connectivity index (χ0) is 28.5. The molecule has 0 saturated carbocycles. The predicted molar refractivity (Wildman–Crippen MR) is 153 cm³/mol. The molecule has 0 unspecified atom stereocenters. The monoisotopic (exact) mass is 585 g/mol. The molecule has 8 nitrogen and oxygen atoms in total. The molecule has 0 bridgehead atoms. The van der Waals surface area contributed by atoms with Crippen molar-refractivity contribution >= 4 is 50.7 Å². The maximum absolute atomic E-state index is 13.4. The first-order valence-corrected chi connectivity index (χ1v) is 15.2. The van der Waals surface area contributed by atoms with Gasteiger partial charge in [-0.1, -0.05) is 55.2 Å². The molecule has 38 heavy (non-hydrogen) atoms. The van der Waals surface area contributed by atoms with Gasteiger partial charge in [0.15, 0.2) is 0 Å². The Labute approximate surface area is 236 Å². The van der Waals surface area contributed by atoms with E-state index in [1.165, 1.54) is 9.21 Å². The molecule has 210 valence electrons. The fourth-order valence-electron chi connectivity index (χ4n) is 3.79. The number of nitrogens with one attached hydrogen (secondary N) is 1. The van der Waals surface area contributed by atoms with Crippen LogP contribution >= 0.6 is 23.2 Å². The summed E-state index contributed by atoms with van der Waals surface area (Å²) in [5.74, 6) is 0.124. The number of para-hydroxylation sites is 2. The van der Waals surface area contributed by atoms with Gasteiger partial charge >= 0.3 is 0 Å². The molecule has 1 N–H and O–H groups in total. The summed E-state index contributed by atoms with van der Waals surface area (Å²) in [5.41, 5.74) is 1.06. The zero-order valence-corrected chi connectivity index (χ0v) is 24.9. The number of ether oxygens (including phenoxy) is 1. The third kappa shape index (κ3) is 9.36. The van der Waals surface area contributed by atoms with Crippen LogP contribution in [0.5, 0.6) is 5.75 Å². The van der Waals surface area contributed by atoms with Gasteiger partial charge in [-0.3, -0.25) is 13.9 Å². The summed E-state index contributed by atoms with van der Waals surface area (Å²) in [6.45, 7) is 8.49. The van der Waals surface area contributed by atoms with Gasteiger partial charge < -0.3 is 15.0 Å². The van der Waals surface area contributed by atoms with Crippen LogP contribution in [0.15, 0.2) is 42.5 Å². The lowest BCUT2D eigenvalue weighted by Gasteiger charge is -2.30. The summed E-state index contributed by atoms with van der Waals surface area (Å²) < 4.78 is 32.1. The van der Waals surface area contributed by atoms with Crippen molar-refractivity contribution in [1.29, 1.82) is 0 Å². The number of amides is 2. The molecule has 0 spiro atoms. The Morgan fingerprint density at radius 2 is 1.76 bits per heavy atom. The Hall–Kier alpha value is -2.49. The van der Waals surface area contributed by atoms with E-state index in [0.29, 0.717) is 40.2 Å². The molecule has 1 atom stereocenters. The number of halogens is 2. The first-order chi connectivity index (χ1) is 17.8. The smallest absolute Gasteiger partial charge is 0.242 e. The van der Waals surface area contributed by atoms with Crippen LogP contribution in [0.2, 0.25) is 10.0 Å². The van der Waals surface area contributed by atoms with Crippen molar-refractivity contribution in [3.05, 3.63) is 58.1 Å². The Morgan fingerprint density at radius 3 is 2.37 bits per heavy atom. The molecule has 0 radical (unpaired) electrons. The van der Waals surface area contributed by atoms with Gasteiger partial charge in [0, 0.05) is 36.1 Å². The fourth-order valence-corrected chi connectivity index (χ4v) is 5.23. The molecule has 0 aromatic heterocycles. The van der Waals surface area contributed by atoms with Gasteiger partial charge in [-0.2, -0.15) is 0 Å². The highest BCUT2D eigenvalue weighted by Gasteiger charge is 2.27. The van der Waals surface area contributed by atoms with Crippen molar-refractivity contribution in [1.82, 2.24) is 10.2 Å². The molecule has 2 aromatic carbocycles. The van der Waals surface area contributed by atoms with E-state index in [-0.39, 0.29) is 43.7 Å². The van der Waals surface area contributed by atoms with Gasteiger partial charge in [0.25, 0.3) is 0 Å². The Kier molecular flexibility index (Phi) is 12.2. The van der Waals surface area contributed by atoms with Crippen molar-refractivity contribution < 1.29 is 22.7 Å². The highest BCUT2D eigenvalue weighted by Crippen LogP contribution is 2.30. The topological polar surface area (TPSA) is 96.0 Å². The van der Waals surface area contributed by atoms with Crippen LogP contribution in [0, 0.1) is 5.92 Å². The van der Waals surface area contributed by atoms with Crippen molar-refractivity contribution in [2.75, 3.05) is 30.3 Å². The number of carbonyl (C=O) groups is 2. The summed E-state index contributed by atoms with van der Waals surface area (Å²) in [6.07, 6.45) is 1.38. The van der Waals surface area contributed by atoms with E-state index in [1.54, 1.807) is 49.4 Å². The number of anilines is 1. The lowest BCUT2D eigenvalue weighted by atomic mass is 10.1. The molecule has 0 aliphatic carbocycles. The van der Waals surface area contributed by atoms with E-state index in [1.807, 2.05) is 20.8 Å². The second-order valence-corrected chi connectivity index (χ2v) is 12.2. The van der Waals surface area contributed by atoms with Crippen LogP contribution in [-0.4, -0.2) is 57.1 Å². The highest BCUT2D eigenvalue weighted by atomic mass is 35.5. The van der Waals surface area contributed by atoms with E-state index in [0.717, 1.165) is 6.26 Å². The van der Waals surface area contributed by atoms with Crippen LogP contribution in [0.3, 0.4) is 0 Å². The van der Waals surface area contributed by atoms with Gasteiger partial charge in [0.05, 0.1) is 18.6 Å². The maximum Gasteiger partial charge on any atom is 0.242 e. The molecular weight excluding hydrogens is 549 g/mol. The van der Waals surface area contributed by atoms with Crippen molar-refractivity contribution in [2.24, 2.45) is 5.92 Å². The second kappa shape index (κ2) is 14.6. The maximum atomic E-state index is 13.4. The molecule has 2 rings (SSSR count). The standard InChI is InChI=1S/C27H37Cl2N3O5S/c1-6-37-25-11-8-7-10-24(25)32(38(5,35)36)15-9-12-26(33)31(20(4)27(34)30-17-19(2)3)18-21-13-14-22(28)16-23(21)29/h7-8,10-11,13-14,16,19-20H,6,9,12,15,17-18H2,1-5H3,(H,30,34)/t20-/m1/s1. The number of rotatable bonds is 14. The van der Waals surface area contributed by atoms with E-state index in [4.69, 9.17) is 27.9 Å². The molecule has 0 heterocycles. The van der Waals surface area contributed by atoms with Crippen LogP contribution < -0.4 is 14.4 Å². The van der Waals surface area contributed by atoms with Crippen molar-refractivity contribution in [3.8, 4) is 5.75 Å². The third-order valence-electron chi connectivity index (χ3n) is 5.79. The minimum atomic E-state index is -3.65. The number of nitrogens with zero attached hydrogens (tertiary/aromatic N) is 2. The summed E-state index contributed by atoms with van der Waals surface area (Å²) in [7, 11) is -3.65. The average Bonchev–Trinajstić information content (AvgIpc) is 2.84. The number of hydrogen-bond donors (Lipinski definition) is 1. The van der Waals surface area contributed by atoms with E-state index >= 15 is 0 Å². The largest absolute Gasteiger partial charge is 0.492 e. The summed E-state index contributed by atoms with van der Waals surface area (Å²) >= 11 is 12.4. The molecule has 0 aliphatic heterocycles. The second-order valence-electron chi connectivity index (χ2n) is 9.41. The molecule has 11 heteroatoms. The van der Waals surface area contributed by atoms with Gasteiger partial charge in [0.1, 0.15) is 11.8 Å². The minimum absolute atomic E-state index is 0.0236. The van der Waals surface area contributed by atoms with Crippen LogP contribution in [0.25, 0.3) is 0 Å². The first-order valence-electron chi connectivity index (χ1n) is 12.6. The van der Waals surface area contributed by atoms with Gasteiger partial charge in [-0.15, -0.1) is 0 Å². The molecule has 2 aromatic rings. The lowest BCUT2D eigenvalue weighted by molar-refractivity contribution is -0.140. The Bertz CT molecular complexity index is 1210. The number of benzene rings is 2. The van der Waals surface area contributed by atoms with E-state index < -0.39 is 16.1 Å². The molecular formula is C27H37Cl2N3O5S. The van der Waals surface area contributed by atoms with E-state index in [2.05, 4.69) is 5.32 Å². The molecule has 0 saturated heterocycles. The third-order valence-corrected chi connectivity index (χ3v) is 7.56. The number of sulfonamides is 1. The normalized spacial score (nSPS) is 12.2. The lowest BCUT2D eigenvalue weighted by Crippen LogP contribution is -2.48. The van der Waals surface area contributed by atoms with Gasteiger partial charge in [0.2, 0.25) is 21.8 Å². The average molecular weight is 587 g/mol. The van der Waals surface area contributed by atoms with Crippen molar-refractivity contribution in [3.63, 3.8) is 0 Å². The predicted octanol–water partition coefficient (Wildman–Crippen LogP) is 5.13. The highest BCUT2D eigenvalue weighted by molar-refractivity contribution is 7.92. The quantitative estimate of drug-likeness (QED) is 0.331. The molecule has 0 aliphatic rings. The van der Waals surface area contributed by atoms with Crippen LogP contribution in [0.1, 0.15) is 46.1 Å². The molecule has 0 fully saturated rings. The SMILES string of the molecule is CCOc1ccccc1N(CCCC(=O)N(Cc1ccc(Cl)cc1Cl)[C@H](C)C(=O)NCC(C)C)S(C)(=O)=O. The van der Waals surface area contributed by atoms with Gasteiger partial charge in [-0.25, -0.2) is 8.42 Å². The Balaban J connectivity index is 2.23. The summed E-state index contributed by atoms with van der Waals surface area (Å²) in [5, 5.41) is 3.73. The Morgan fingerprint density at radius 1 is 1.08 bits per heavy atom. The number of hydrogen-bond acceptors (Lipinski definition) is 5. The zero-order valence-electron chi connectivity index (χ0n) is 22.5. The van der Waals surface area contributed by atoms with Crippen LogP contribution in [-0.2, 0) is 26.2 Å². The first kappa shape index (κ1) is 31.7. The summed E-state index contributed by atoms with van der Waals surface area (Å²) in [4.78, 5) is 27.8.